The molecule has 0 unspecified atom stereocenters. The van der Waals surface area contributed by atoms with Gasteiger partial charge in [-0.05, 0) is 91.3 Å². The molecule has 282 valence electrons. The minimum absolute atomic E-state index is 0.113. The second kappa shape index (κ2) is 17.8. The van der Waals surface area contributed by atoms with Gasteiger partial charge in [-0.2, -0.15) is 8.42 Å². The van der Waals surface area contributed by atoms with Gasteiger partial charge in [-0.15, -0.1) is 0 Å². The summed E-state index contributed by atoms with van der Waals surface area (Å²) >= 11 is 0. The Morgan fingerprint density at radius 2 is 0.750 bits per heavy atom. The quantitative estimate of drug-likeness (QED) is 0.0605. The van der Waals surface area contributed by atoms with Crippen molar-refractivity contribution in [3.05, 3.63) is 205 Å². The highest BCUT2D eigenvalue weighted by Crippen LogP contribution is 2.61. The van der Waals surface area contributed by atoms with Crippen molar-refractivity contribution in [2.24, 2.45) is 0 Å². The SMILES string of the molecule is COc1cc(C[P+](c2ccccc2)(c2ccccc2)c2ccccc2)c(OCCCS(=O)(=O)O)cc1C[P+](c1ccccc1)(c1ccccc1)c1ccccc1. The van der Waals surface area contributed by atoms with E-state index in [9.17, 15) is 13.0 Å². The van der Waals surface area contributed by atoms with Crippen LogP contribution in [0, 0.1) is 0 Å². The van der Waals surface area contributed by atoms with Crippen LogP contribution >= 0.6 is 14.5 Å². The summed E-state index contributed by atoms with van der Waals surface area (Å²) in [5.41, 5.74) is 1.96. The van der Waals surface area contributed by atoms with E-state index in [4.69, 9.17) is 9.47 Å². The molecule has 7 rings (SSSR count). The van der Waals surface area contributed by atoms with Crippen molar-refractivity contribution in [2.45, 2.75) is 18.7 Å². The van der Waals surface area contributed by atoms with Crippen molar-refractivity contribution >= 4 is 56.5 Å². The first-order valence-corrected chi connectivity index (χ1v) is 24.3. The molecular weight excluding hydrogens is 751 g/mol. The van der Waals surface area contributed by atoms with Crippen LogP contribution in [0.5, 0.6) is 11.5 Å². The Morgan fingerprint density at radius 1 is 0.464 bits per heavy atom. The van der Waals surface area contributed by atoms with Crippen molar-refractivity contribution in [1.29, 1.82) is 0 Å². The highest BCUT2D eigenvalue weighted by atomic mass is 32.2. The van der Waals surface area contributed by atoms with Gasteiger partial charge >= 0.3 is 0 Å². The van der Waals surface area contributed by atoms with Crippen molar-refractivity contribution in [1.82, 2.24) is 0 Å². The Balaban J connectivity index is 1.45. The minimum Gasteiger partial charge on any atom is -0.496 e. The maximum absolute atomic E-state index is 11.8. The van der Waals surface area contributed by atoms with Crippen LogP contribution in [0.2, 0.25) is 0 Å². The van der Waals surface area contributed by atoms with Crippen molar-refractivity contribution in [3.8, 4) is 11.5 Å². The molecule has 0 radical (unpaired) electrons. The van der Waals surface area contributed by atoms with Crippen LogP contribution in [0.1, 0.15) is 17.5 Å². The average Bonchev–Trinajstić information content (AvgIpc) is 3.25. The lowest BCUT2D eigenvalue weighted by Gasteiger charge is -2.30. The Hall–Kier alpha value is -5.09. The van der Waals surface area contributed by atoms with Crippen LogP contribution < -0.4 is 41.3 Å². The molecule has 0 fully saturated rings. The molecule has 0 amide bonds. The predicted octanol–water partition coefficient (Wildman–Crippen LogP) is 8.34. The molecule has 0 saturated heterocycles. The number of methoxy groups -OCH3 is 1. The largest absolute Gasteiger partial charge is 0.496 e. The van der Waals surface area contributed by atoms with Crippen LogP contribution in [-0.2, 0) is 22.4 Å². The number of hydrogen-bond donors (Lipinski definition) is 1. The van der Waals surface area contributed by atoms with E-state index in [2.05, 4.69) is 194 Å². The van der Waals surface area contributed by atoms with E-state index in [1.165, 1.54) is 31.8 Å². The molecule has 8 heteroatoms. The number of benzene rings is 7. The third kappa shape index (κ3) is 8.50. The molecule has 0 spiro atoms. The molecule has 7 aromatic rings. The Bertz CT molecular complexity index is 2220. The van der Waals surface area contributed by atoms with Gasteiger partial charge in [0.25, 0.3) is 10.1 Å². The topological polar surface area (TPSA) is 72.8 Å². The van der Waals surface area contributed by atoms with E-state index in [0.717, 1.165) is 16.9 Å². The summed E-state index contributed by atoms with van der Waals surface area (Å²) in [7, 11) is -7.11. The first-order valence-electron chi connectivity index (χ1n) is 18.7. The van der Waals surface area contributed by atoms with Gasteiger partial charge in [0, 0.05) is 11.1 Å². The van der Waals surface area contributed by atoms with E-state index < -0.39 is 24.6 Å². The molecule has 1 N–H and O–H groups in total. The maximum Gasteiger partial charge on any atom is 0.264 e. The smallest absolute Gasteiger partial charge is 0.264 e. The summed E-state index contributed by atoms with van der Waals surface area (Å²) in [5.74, 6) is 1.06. The summed E-state index contributed by atoms with van der Waals surface area (Å²) in [6.45, 7) is 0.113. The molecular formula is C48H46O5P2S+2. The minimum atomic E-state index is -4.15. The van der Waals surface area contributed by atoms with E-state index >= 15 is 0 Å². The number of hydrogen-bond acceptors (Lipinski definition) is 4. The first-order chi connectivity index (χ1) is 27.3. The van der Waals surface area contributed by atoms with E-state index in [1.54, 1.807) is 7.11 Å². The zero-order valence-electron chi connectivity index (χ0n) is 31.4. The molecule has 7 aromatic carbocycles. The van der Waals surface area contributed by atoms with E-state index in [0.29, 0.717) is 18.1 Å². The van der Waals surface area contributed by atoms with Gasteiger partial charge in [-0.1, -0.05) is 109 Å². The summed E-state index contributed by atoms with van der Waals surface area (Å²) in [6.07, 6.45) is 1.43. The summed E-state index contributed by atoms with van der Waals surface area (Å²) < 4.78 is 46.1. The second-order valence-electron chi connectivity index (χ2n) is 13.7. The monoisotopic (exact) mass is 796 g/mol. The van der Waals surface area contributed by atoms with Crippen LogP contribution in [0.3, 0.4) is 0 Å². The summed E-state index contributed by atoms with van der Waals surface area (Å²) in [5, 5.41) is 7.46. The van der Waals surface area contributed by atoms with Crippen molar-refractivity contribution in [2.75, 3.05) is 19.5 Å². The zero-order valence-corrected chi connectivity index (χ0v) is 34.0. The normalized spacial score (nSPS) is 11.9. The Labute approximate surface area is 332 Å². The molecule has 5 nitrogen and oxygen atoms in total. The Morgan fingerprint density at radius 3 is 1.04 bits per heavy atom. The molecule has 0 heterocycles. The molecule has 0 aliphatic rings. The first kappa shape index (κ1) is 39.2. The Kier molecular flexibility index (Phi) is 12.4. The van der Waals surface area contributed by atoms with Crippen molar-refractivity contribution < 1.29 is 22.4 Å². The lowest BCUT2D eigenvalue weighted by Crippen LogP contribution is -2.33. The van der Waals surface area contributed by atoms with Crippen LogP contribution in [0.25, 0.3) is 0 Å². The zero-order chi connectivity index (χ0) is 38.9. The molecule has 0 aromatic heterocycles. The predicted molar refractivity (Wildman–Crippen MR) is 237 cm³/mol. The fourth-order valence-electron chi connectivity index (χ4n) is 7.69. The lowest BCUT2D eigenvalue weighted by molar-refractivity contribution is 0.312. The van der Waals surface area contributed by atoms with Crippen LogP contribution in [-0.4, -0.2) is 32.4 Å². The molecule has 0 atom stereocenters. The van der Waals surface area contributed by atoms with Gasteiger partial charge in [0.1, 0.15) is 70.2 Å². The van der Waals surface area contributed by atoms with Crippen molar-refractivity contribution in [3.63, 3.8) is 0 Å². The molecule has 0 bridgehead atoms. The number of ether oxygens (including phenoxy) is 2. The van der Waals surface area contributed by atoms with Gasteiger partial charge in [-0.25, -0.2) is 0 Å². The maximum atomic E-state index is 11.8. The van der Waals surface area contributed by atoms with Gasteiger partial charge in [0.2, 0.25) is 0 Å². The summed E-state index contributed by atoms with van der Waals surface area (Å²) in [4.78, 5) is 0. The average molecular weight is 797 g/mol. The van der Waals surface area contributed by atoms with E-state index in [-0.39, 0.29) is 18.8 Å². The van der Waals surface area contributed by atoms with E-state index in [1.807, 2.05) is 0 Å². The fourth-order valence-corrected chi connectivity index (χ4v) is 16.7. The lowest BCUT2D eigenvalue weighted by atomic mass is 10.1. The van der Waals surface area contributed by atoms with Crippen LogP contribution in [0.4, 0.5) is 0 Å². The second-order valence-corrected chi connectivity index (χ2v) is 22.3. The van der Waals surface area contributed by atoms with Gasteiger partial charge in [0.05, 0.1) is 19.5 Å². The van der Waals surface area contributed by atoms with Gasteiger partial charge < -0.3 is 9.47 Å². The fraction of sp³-hybridized carbons (Fsp3) is 0.125. The third-order valence-electron chi connectivity index (χ3n) is 10.3. The third-order valence-corrected chi connectivity index (χ3v) is 19.8. The molecule has 0 saturated carbocycles. The molecule has 0 aliphatic heterocycles. The van der Waals surface area contributed by atoms with Gasteiger partial charge in [-0.3, -0.25) is 4.55 Å². The number of rotatable bonds is 16. The van der Waals surface area contributed by atoms with Crippen LogP contribution in [0.15, 0.2) is 194 Å². The molecule has 0 aliphatic carbocycles. The highest BCUT2D eigenvalue weighted by molar-refractivity contribution is 7.95. The summed E-state index contributed by atoms with van der Waals surface area (Å²) in [6, 6.07) is 68.7. The molecule has 56 heavy (non-hydrogen) atoms. The standard InChI is InChI=1S/C48H45O5P2S/c1-52-47-35-40(38-55(44-27-14-5-15-28-44,45-29-16-6-17-30-45)46-31-18-7-19-32-46)48(53-33-20-34-56(49,50)51)36-39(47)37-54(41-21-8-2-9-22-41,42-23-10-3-11-24-42)43-25-12-4-13-26-43/h2-19,21-32,35-36H,20,33-34,37-38H2,1H3/q+1/p+1. The van der Waals surface area contributed by atoms with Gasteiger partial charge in [0.15, 0.2) is 0 Å². The highest BCUT2D eigenvalue weighted by Gasteiger charge is 2.48.